The van der Waals surface area contributed by atoms with Gasteiger partial charge in [-0.05, 0) is 13.8 Å². The van der Waals surface area contributed by atoms with Crippen LogP contribution >= 0.6 is 15.9 Å². The van der Waals surface area contributed by atoms with Crippen molar-refractivity contribution < 1.29 is 9.59 Å². The zero-order valence-corrected chi connectivity index (χ0v) is 13.1. The van der Waals surface area contributed by atoms with E-state index in [-0.39, 0.29) is 5.91 Å². The molecule has 1 N–H and O–H groups in total. The van der Waals surface area contributed by atoms with Crippen LogP contribution < -0.4 is 5.32 Å². The van der Waals surface area contributed by atoms with Gasteiger partial charge in [0, 0.05) is 30.3 Å². The maximum Gasteiger partial charge on any atom is 0.325 e. The van der Waals surface area contributed by atoms with Crippen LogP contribution in [-0.2, 0) is 4.79 Å². The predicted octanol–water partition coefficient (Wildman–Crippen LogP) is 0.496. The highest BCUT2D eigenvalue weighted by Gasteiger charge is 2.52. The number of amides is 3. The monoisotopic (exact) mass is 341 g/mol. The molecule has 2 unspecified atom stereocenters. The van der Waals surface area contributed by atoms with Crippen LogP contribution in [0.4, 0.5) is 4.79 Å². The summed E-state index contributed by atoms with van der Waals surface area (Å²) >= 11 is 3.43. The molecule has 1 fully saturated rings. The third-order valence-corrected chi connectivity index (χ3v) is 4.43. The minimum absolute atomic E-state index is 0.287. The van der Waals surface area contributed by atoms with Crippen LogP contribution in [0.5, 0.6) is 0 Å². The Morgan fingerprint density at radius 2 is 2.00 bits per heavy atom. The number of halogens is 1. The van der Waals surface area contributed by atoms with Gasteiger partial charge in [0.2, 0.25) is 5.96 Å². The summed E-state index contributed by atoms with van der Waals surface area (Å²) in [5.74, 6) is 0.468. The van der Waals surface area contributed by atoms with Crippen molar-refractivity contribution in [3.8, 4) is 0 Å². The van der Waals surface area contributed by atoms with Crippen LogP contribution in [0.15, 0.2) is 16.4 Å². The third kappa shape index (κ3) is 1.60. The van der Waals surface area contributed by atoms with Crippen molar-refractivity contribution in [1.29, 1.82) is 0 Å². The van der Waals surface area contributed by atoms with E-state index >= 15 is 0 Å². The number of nitrogens with one attached hydrogen (secondary N) is 1. The van der Waals surface area contributed by atoms with E-state index in [1.807, 2.05) is 18.7 Å². The summed E-state index contributed by atoms with van der Waals surface area (Å²) in [4.78, 5) is 34.0. The molecule has 0 spiro atoms. The molecule has 3 rings (SSSR count). The van der Waals surface area contributed by atoms with Crippen LogP contribution in [0, 0.1) is 0 Å². The van der Waals surface area contributed by atoms with Crippen LogP contribution in [0.2, 0.25) is 0 Å². The van der Waals surface area contributed by atoms with Gasteiger partial charge in [-0.15, -0.1) is 0 Å². The van der Waals surface area contributed by atoms with Gasteiger partial charge < -0.3 is 9.80 Å². The highest BCUT2D eigenvalue weighted by molar-refractivity contribution is 9.09. The van der Waals surface area contributed by atoms with Gasteiger partial charge in [0.15, 0.2) is 12.2 Å². The van der Waals surface area contributed by atoms with E-state index in [0.717, 1.165) is 29.2 Å². The normalized spacial score (nSPS) is 28.8. The molecule has 0 aromatic carbocycles. The molecule has 0 aromatic rings. The third-order valence-electron chi connectivity index (χ3n) is 4.08. The zero-order valence-electron chi connectivity index (χ0n) is 11.6. The SMILES string of the molecule is CC1=C(C)N2C(=NC3C2C(=O)NC(=O)N3C)N1CCBr. The smallest absolute Gasteiger partial charge is 0.314 e. The molecule has 0 bridgehead atoms. The topological polar surface area (TPSA) is 68.2 Å². The van der Waals surface area contributed by atoms with Crippen molar-refractivity contribution in [2.45, 2.75) is 26.1 Å². The van der Waals surface area contributed by atoms with Crippen molar-refractivity contribution in [1.82, 2.24) is 20.0 Å². The lowest BCUT2D eigenvalue weighted by atomic mass is 10.1. The maximum absolute atomic E-state index is 12.2. The fourth-order valence-corrected chi connectivity index (χ4v) is 3.23. The summed E-state index contributed by atoms with van der Waals surface area (Å²) in [5, 5.41) is 3.18. The Kier molecular flexibility index (Phi) is 3.00. The number of nitrogens with zero attached hydrogens (tertiary/aromatic N) is 4. The second-order valence-corrected chi connectivity index (χ2v) is 5.87. The Labute approximate surface area is 125 Å². The fourth-order valence-electron chi connectivity index (χ4n) is 2.88. The summed E-state index contributed by atoms with van der Waals surface area (Å²) < 4.78 is 0. The number of carbonyl (C=O) groups is 2. The van der Waals surface area contributed by atoms with Crippen molar-refractivity contribution in [3.63, 3.8) is 0 Å². The highest BCUT2D eigenvalue weighted by atomic mass is 79.9. The first kappa shape index (κ1) is 13.4. The number of likely N-dealkylation sites (N-methyl/N-ethyl adjacent to an activating group) is 1. The lowest BCUT2D eigenvalue weighted by molar-refractivity contribution is -0.126. The molecule has 108 valence electrons. The van der Waals surface area contributed by atoms with Gasteiger partial charge >= 0.3 is 6.03 Å². The molecule has 0 radical (unpaired) electrons. The first-order valence-electron chi connectivity index (χ1n) is 6.43. The van der Waals surface area contributed by atoms with Crippen LogP contribution in [0.3, 0.4) is 0 Å². The summed E-state index contributed by atoms with van der Waals surface area (Å²) in [7, 11) is 1.66. The molecule has 20 heavy (non-hydrogen) atoms. The van der Waals surface area contributed by atoms with E-state index in [2.05, 4.69) is 31.1 Å². The van der Waals surface area contributed by atoms with Crippen molar-refractivity contribution in [2.24, 2.45) is 4.99 Å². The number of allylic oxidation sites excluding steroid dienone is 2. The van der Waals surface area contributed by atoms with Gasteiger partial charge in [-0.1, -0.05) is 15.9 Å². The number of guanidine groups is 1. The van der Waals surface area contributed by atoms with E-state index in [4.69, 9.17) is 0 Å². The zero-order chi connectivity index (χ0) is 14.6. The van der Waals surface area contributed by atoms with E-state index in [0.29, 0.717) is 0 Å². The number of alkyl halides is 1. The number of hydrogen-bond acceptors (Lipinski definition) is 5. The Bertz CT molecular complexity index is 558. The number of urea groups is 1. The molecule has 3 aliphatic heterocycles. The fraction of sp³-hybridized carbons (Fsp3) is 0.583. The van der Waals surface area contributed by atoms with E-state index in [1.54, 1.807) is 7.05 Å². The van der Waals surface area contributed by atoms with Gasteiger partial charge in [-0.3, -0.25) is 15.0 Å². The molecule has 8 heteroatoms. The second-order valence-electron chi connectivity index (χ2n) is 5.07. The first-order chi connectivity index (χ1) is 9.47. The second kappa shape index (κ2) is 4.47. The number of rotatable bonds is 2. The average molecular weight is 342 g/mol. The van der Waals surface area contributed by atoms with Crippen LogP contribution in [0.25, 0.3) is 0 Å². The molecule has 3 amide bonds. The number of aliphatic imine (C=N–C) groups is 1. The largest absolute Gasteiger partial charge is 0.325 e. The van der Waals surface area contributed by atoms with Crippen molar-refractivity contribution in [2.75, 3.05) is 18.9 Å². The Morgan fingerprint density at radius 1 is 1.30 bits per heavy atom. The number of carbonyl (C=O) groups excluding carboxylic acids is 2. The minimum atomic E-state index is -0.469. The molecule has 2 atom stereocenters. The standard InChI is InChI=1S/C12H16BrN5O2/c1-6-7(2)18-8-9(14-11(18)17(6)5-4-13)16(3)12(20)15-10(8)19/h8-9H,4-5H2,1-3H3,(H,15,19,20). The Morgan fingerprint density at radius 3 is 2.65 bits per heavy atom. The molecular formula is C12H16BrN5O2. The van der Waals surface area contributed by atoms with Gasteiger partial charge in [-0.2, -0.15) is 0 Å². The van der Waals surface area contributed by atoms with E-state index < -0.39 is 18.2 Å². The van der Waals surface area contributed by atoms with E-state index in [1.165, 1.54) is 4.90 Å². The minimum Gasteiger partial charge on any atom is -0.314 e. The summed E-state index contributed by atoms with van der Waals surface area (Å²) in [6, 6.07) is -0.866. The first-order valence-corrected chi connectivity index (χ1v) is 7.55. The number of imide groups is 1. The molecule has 7 nitrogen and oxygen atoms in total. The predicted molar refractivity (Wildman–Crippen MR) is 77.0 cm³/mol. The summed E-state index contributed by atoms with van der Waals surface area (Å²) in [6.45, 7) is 4.77. The van der Waals surface area contributed by atoms with Gasteiger partial charge in [0.25, 0.3) is 5.91 Å². The molecule has 0 aromatic heterocycles. The van der Waals surface area contributed by atoms with Crippen molar-refractivity contribution >= 4 is 33.8 Å². The average Bonchev–Trinajstić information content (AvgIpc) is 2.89. The van der Waals surface area contributed by atoms with Gasteiger partial charge in [-0.25, -0.2) is 9.79 Å². The van der Waals surface area contributed by atoms with Crippen LogP contribution in [0.1, 0.15) is 13.8 Å². The molecule has 0 saturated carbocycles. The molecular weight excluding hydrogens is 326 g/mol. The number of hydrogen-bond donors (Lipinski definition) is 1. The Hall–Kier alpha value is -1.57. The molecule has 1 saturated heterocycles. The highest BCUT2D eigenvalue weighted by Crippen LogP contribution is 2.35. The molecule has 0 aliphatic carbocycles. The maximum atomic E-state index is 12.2. The lowest BCUT2D eigenvalue weighted by Gasteiger charge is -2.35. The molecule has 3 heterocycles. The quantitative estimate of drug-likeness (QED) is 0.742. The molecule has 3 aliphatic rings. The van der Waals surface area contributed by atoms with Crippen molar-refractivity contribution in [3.05, 3.63) is 11.4 Å². The van der Waals surface area contributed by atoms with Gasteiger partial charge in [0.1, 0.15) is 0 Å². The van der Waals surface area contributed by atoms with Crippen LogP contribution in [-0.4, -0.2) is 63.7 Å². The van der Waals surface area contributed by atoms with E-state index in [9.17, 15) is 9.59 Å². The summed E-state index contributed by atoms with van der Waals surface area (Å²) in [5.41, 5.74) is 2.10. The number of fused-ring (bicyclic) bond motifs is 3. The summed E-state index contributed by atoms with van der Waals surface area (Å²) in [6.07, 6.45) is -0.452. The lowest BCUT2D eigenvalue weighted by Crippen LogP contribution is -2.63. The van der Waals surface area contributed by atoms with Gasteiger partial charge in [0.05, 0.1) is 0 Å². The Balaban J connectivity index is 2.02.